The van der Waals surface area contributed by atoms with Gasteiger partial charge in [-0.3, -0.25) is 4.79 Å². The van der Waals surface area contributed by atoms with Gasteiger partial charge in [-0.15, -0.1) is 0 Å². The van der Waals surface area contributed by atoms with Gasteiger partial charge in [0.05, 0.1) is 12.2 Å². The Balaban J connectivity index is 1.53. The number of carbonyl (C=O) groups is 1. The van der Waals surface area contributed by atoms with Gasteiger partial charge in [-0.2, -0.15) is 0 Å². The lowest BCUT2D eigenvalue weighted by Crippen LogP contribution is -2.70. The maximum atomic E-state index is 13.3. The van der Waals surface area contributed by atoms with Crippen LogP contribution in [0.4, 0.5) is 0 Å². The van der Waals surface area contributed by atoms with Crippen molar-refractivity contribution in [3.63, 3.8) is 0 Å². The Morgan fingerprint density at radius 2 is 1.83 bits per heavy atom. The van der Waals surface area contributed by atoms with Crippen LogP contribution in [0.3, 0.4) is 0 Å². The Morgan fingerprint density at radius 1 is 1.14 bits per heavy atom. The van der Waals surface area contributed by atoms with Crippen molar-refractivity contribution in [1.82, 2.24) is 0 Å². The molecule has 3 fully saturated rings. The lowest BCUT2D eigenvalue weighted by molar-refractivity contribution is -0.424. The van der Waals surface area contributed by atoms with Gasteiger partial charge in [0.25, 0.3) is 5.97 Å². The van der Waals surface area contributed by atoms with Crippen molar-refractivity contribution in [3.8, 4) is 0 Å². The average Bonchev–Trinajstić information content (AvgIpc) is 3.14. The highest BCUT2D eigenvalue weighted by atomic mass is 16.9. The van der Waals surface area contributed by atoms with Crippen LogP contribution in [0.2, 0.25) is 0 Å². The molecule has 6 nitrogen and oxygen atoms in total. The van der Waals surface area contributed by atoms with Crippen molar-refractivity contribution in [1.29, 1.82) is 0 Å². The predicted octanol–water partition coefficient (Wildman–Crippen LogP) is 5.13. The van der Waals surface area contributed by atoms with Gasteiger partial charge in [-0.25, -0.2) is 0 Å². The molecule has 0 amide bonds. The molecule has 3 aliphatic carbocycles. The van der Waals surface area contributed by atoms with Gasteiger partial charge in [0, 0.05) is 24.7 Å². The summed E-state index contributed by atoms with van der Waals surface area (Å²) in [5, 5.41) is 22.1. The number of rotatable bonds is 10. The highest BCUT2D eigenvalue weighted by Crippen LogP contribution is 2.68. The van der Waals surface area contributed by atoms with Crippen LogP contribution in [0.15, 0.2) is 35.5 Å². The van der Waals surface area contributed by atoms with Gasteiger partial charge in [0.15, 0.2) is 5.78 Å². The van der Waals surface area contributed by atoms with Crippen LogP contribution in [0.5, 0.6) is 0 Å². The highest BCUT2D eigenvalue weighted by Gasteiger charge is 2.78. The fraction of sp³-hybridized carbons (Fsp3) is 0.767. The number of aliphatic hydroxyl groups is 2. The summed E-state index contributed by atoms with van der Waals surface area (Å²) < 4.78 is 20.6. The number of carbonyl (C=O) groups excluding carboxylic acids is 1. The second kappa shape index (κ2) is 9.16. The summed E-state index contributed by atoms with van der Waals surface area (Å²) in [6.07, 6.45) is 13.1. The summed E-state index contributed by atoms with van der Waals surface area (Å²) >= 11 is 0. The molecule has 5 aliphatic rings. The molecule has 8 atom stereocenters. The molecule has 6 heteroatoms. The number of ether oxygens (including phenoxy) is 3. The number of ketones is 1. The highest BCUT2D eigenvalue weighted by molar-refractivity contribution is 6.04. The second-order valence-corrected chi connectivity index (χ2v) is 12.2. The maximum absolute atomic E-state index is 13.3. The van der Waals surface area contributed by atoms with E-state index in [0.29, 0.717) is 24.0 Å². The first-order chi connectivity index (χ1) is 17.1. The molecule has 2 saturated heterocycles. The summed E-state index contributed by atoms with van der Waals surface area (Å²) in [4.78, 5) is 13.3. The Morgan fingerprint density at radius 3 is 2.50 bits per heavy atom. The van der Waals surface area contributed by atoms with Crippen LogP contribution in [0, 0.1) is 17.8 Å². The lowest BCUT2D eigenvalue weighted by Gasteiger charge is -2.59. The monoisotopic (exact) mass is 500 g/mol. The summed E-state index contributed by atoms with van der Waals surface area (Å²) in [5.74, 6) is -2.34. The van der Waals surface area contributed by atoms with E-state index in [0.717, 1.165) is 18.4 Å². The van der Waals surface area contributed by atoms with E-state index < -0.39 is 28.7 Å². The zero-order chi connectivity index (χ0) is 25.9. The Labute approximate surface area is 215 Å². The van der Waals surface area contributed by atoms with E-state index in [1.165, 1.54) is 32.1 Å². The van der Waals surface area contributed by atoms with Crippen LogP contribution < -0.4 is 0 Å². The van der Waals surface area contributed by atoms with Gasteiger partial charge in [0.1, 0.15) is 17.3 Å². The molecular formula is C30H44O6. The van der Waals surface area contributed by atoms with Crippen molar-refractivity contribution < 1.29 is 29.2 Å². The van der Waals surface area contributed by atoms with Gasteiger partial charge < -0.3 is 24.4 Å². The zero-order valence-corrected chi connectivity index (χ0v) is 22.5. The normalized spacial score (nSPS) is 44.7. The number of unbranched alkanes of at least 4 members (excludes halogenated alkanes) is 6. The van der Waals surface area contributed by atoms with Gasteiger partial charge in [-0.05, 0) is 49.3 Å². The van der Waals surface area contributed by atoms with E-state index >= 15 is 0 Å². The van der Waals surface area contributed by atoms with Crippen molar-refractivity contribution in [2.75, 3.05) is 6.61 Å². The molecule has 3 bridgehead atoms. The van der Waals surface area contributed by atoms with Crippen molar-refractivity contribution in [3.05, 3.63) is 35.5 Å². The van der Waals surface area contributed by atoms with Crippen LogP contribution >= 0.6 is 0 Å². The molecular weight excluding hydrogens is 456 g/mol. The minimum Gasteiger partial charge on any atom is -0.392 e. The number of hydrogen-bond donors (Lipinski definition) is 2. The molecule has 5 rings (SSSR count). The van der Waals surface area contributed by atoms with Crippen LogP contribution in [0.25, 0.3) is 0 Å². The molecule has 0 aromatic carbocycles. The number of fused-ring (bicyclic) bond motifs is 2. The Hall–Kier alpha value is -1.31. The Kier molecular flexibility index (Phi) is 6.69. The fourth-order valence-corrected chi connectivity index (χ4v) is 8.00. The first kappa shape index (κ1) is 26.3. The quantitative estimate of drug-likeness (QED) is 0.319. The molecule has 36 heavy (non-hydrogen) atoms. The topological polar surface area (TPSA) is 85.2 Å². The summed E-state index contributed by atoms with van der Waals surface area (Å²) in [7, 11) is 0. The second-order valence-electron chi connectivity index (χ2n) is 12.2. The number of aliphatic hydroxyl groups excluding tert-OH is 1. The van der Waals surface area contributed by atoms with Gasteiger partial charge in [-0.1, -0.05) is 71.1 Å². The van der Waals surface area contributed by atoms with Gasteiger partial charge in [0.2, 0.25) is 0 Å². The van der Waals surface area contributed by atoms with E-state index in [-0.39, 0.29) is 36.8 Å². The minimum atomic E-state index is -1.64. The standard InChI is InChI=1S/C30H44O6/c1-6-7-8-9-10-11-12-13-29-34-26-23-15-22(18-31)17-27(33)24(14-20(4)25(27)32)30(23,36-29)21(5)16-28(26,35-29)19(2)3/h14-15,21,23-24,26,31,33H,2,6-13,16-18H2,1,3-5H3/t21-,23+,24-,26+,27-,28-,29?,30-/m1/s1. The van der Waals surface area contributed by atoms with E-state index in [9.17, 15) is 15.0 Å². The molecule has 0 spiro atoms. The molecule has 2 aliphatic heterocycles. The van der Waals surface area contributed by atoms with Gasteiger partial charge >= 0.3 is 0 Å². The number of hydrogen-bond acceptors (Lipinski definition) is 6. The molecule has 1 unspecified atom stereocenters. The first-order valence-electron chi connectivity index (χ1n) is 14.1. The molecule has 200 valence electrons. The Bertz CT molecular complexity index is 984. The predicted molar refractivity (Wildman–Crippen MR) is 137 cm³/mol. The largest absolute Gasteiger partial charge is 0.392 e. The smallest absolute Gasteiger partial charge is 0.284 e. The van der Waals surface area contributed by atoms with E-state index in [1.807, 2.05) is 19.1 Å². The third-order valence-corrected chi connectivity index (χ3v) is 9.76. The summed E-state index contributed by atoms with van der Waals surface area (Å²) in [6, 6.07) is 0. The molecule has 0 aromatic heterocycles. The maximum Gasteiger partial charge on any atom is 0.284 e. The third-order valence-electron chi connectivity index (χ3n) is 9.76. The lowest BCUT2D eigenvalue weighted by atomic mass is 9.55. The van der Waals surface area contributed by atoms with Crippen LogP contribution in [0.1, 0.15) is 91.9 Å². The molecule has 0 aromatic rings. The zero-order valence-electron chi connectivity index (χ0n) is 22.5. The first-order valence-corrected chi connectivity index (χ1v) is 14.1. The minimum absolute atomic E-state index is 0.0314. The number of Topliss-reactive ketones (excluding diaryl/α,β-unsaturated/α-hetero) is 1. The molecule has 1 saturated carbocycles. The average molecular weight is 501 g/mol. The van der Waals surface area contributed by atoms with Crippen molar-refractivity contribution in [2.45, 2.75) is 121 Å². The third kappa shape index (κ3) is 3.59. The van der Waals surface area contributed by atoms with Crippen molar-refractivity contribution in [2.24, 2.45) is 17.8 Å². The van der Waals surface area contributed by atoms with E-state index in [2.05, 4.69) is 20.4 Å². The van der Waals surface area contributed by atoms with Crippen LogP contribution in [-0.2, 0) is 19.0 Å². The molecule has 2 heterocycles. The van der Waals surface area contributed by atoms with E-state index in [4.69, 9.17) is 14.2 Å². The summed E-state index contributed by atoms with van der Waals surface area (Å²) in [6.45, 7) is 12.2. The van der Waals surface area contributed by atoms with Crippen molar-refractivity contribution >= 4 is 5.78 Å². The van der Waals surface area contributed by atoms with E-state index in [1.54, 1.807) is 6.92 Å². The molecule has 0 radical (unpaired) electrons. The van der Waals surface area contributed by atoms with Crippen LogP contribution in [-0.4, -0.2) is 51.5 Å². The molecule has 2 N–H and O–H groups in total. The summed E-state index contributed by atoms with van der Waals surface area (Å²) in [5.41, 5.74) is -1.10. The SMILES string of the molecule is C=C(C)[C@]12C[C@@H](C)[C@@]34OC(CCCCCCCCC)(O[C@H]1[C@@H]3C=C(CO)C[C@]1(O)C(=O)C(C)=C[C@@H]41)O2. The fourth-order valence-electron chi connectivity index (χ4n) is 8.00.